The summed E-state index contributed by atoms with van der Waals surface area (Å²) < 4.78 is 47.2. The maximum Gasteiger partial charge on any atom is 0.422 e. The van der Waals surface area contributed by atoms with Gasteiger partial charge in [-0.25, -0.2) is 4.98 Å². The SMILES string of the molecule is CCC(CC)C(CNC(=NC)NCc1ccnc(OCC(F)(F)F)c1)N1CCOCC1. The topological polar surface area (TPSA) is 71.0 Å². The number of guanidine groups is 1. The molecule has 1 aromatic heterocycles. The normalized spacial score (nSPS) is 16.9. The van der Waals surface area contributed by atoms with Crippen LogP contribution in [0, 0.1) is 5.92 Å². The van der Waals surface area contributed by atoms with Crippen LogP contribution >= 0.6 is 0 Å². The van der Waals surface area contributed by atoms with Crippen LogP contribution in [-0.4, -0.2) is 74.6 Å². The number of nitrogens with zero attached hydrogens (tertiary/aromatic N) is 3. The molecule has 2 N–H and O–H groups in total. The Morgan fingerprint density at radius 3 is 2.58 bits per heavy atom. The number of aliphatic imine (C=N–C) groups is 1. The first-order valence-corrected chi connectivity index (χ1v) is 10.8. The van der Waals surface area contributed by atoms with Crippen LogP contribution in [0.4, 0.5) is 13.2 Å². The highest BCUT2D eigenvalue weighted by molar-refractivity contribution is 5.79. The molecule has 176 valence electrons. The van der Waals surface area contributed by atoms with Crippen molar-refractivity contribution in [2.24, 2.45) is 10.9 Å². The van der Waals surface area contributed by atoms with E-state index >= 15 is 0 Å². The molecule has 0 bridgehead atoms. The van der Waals surface area contributed by atoms with Crippen molar-refractivity contribution in [3.8, 4) is 5.88 Å². The Hall–Kier alpha value is -2.07. The van der Waals surface area contributed by atoms with Crippen molar-refractivity contribution in [2.75, 3.05) is 46.5 Å². The van der Waals surface area contributed by atoms with E-state index in [-0.39, 0.29) is 5.88 Å². The van der Waals surface area contributed by atoms with Gasteiger partial charge in [0.15, 0.2) is 12.6 Å². The van der Waals surface area contributed by atoms with Gasteiger partial charge < -0.3 is 20.1 Å². The number of nitrogens with one attached hydrogen (secondary N) is 2. The first kappa shape index (κ1) is 25.2. The van der Waals surface area contributed by atoms with E-state index in [0.717, 1.165) is 51.3 Å². The van der Waals surface area contributed by atoms with Crippen LogP contribution in [0.2, 0.25) is 0 Å². The number of halogens is 3. The number of rotatable bonds is 10. The highest BCUT2D eigenvalue weighted by atomic mass is 19.4. The first-order chi connectivity index (χ1) is 14.9. The maximum absolute atomic E-state index is 12.3. The van der Waals surface area contributed by atoms with Crippen molar-refractivity contribution < 1.29 is 22.6 Å². The fraction of sp³-hybridized carbons (Fsp3) is 0.714. The summed E-state index contributed by atoms with van der Waals surface area (Å²) in [4.78, 5) is 10.6. The zero-order valence-corrected chi connectivity index (χ0v) is 18.5. The van der Waals surface area contributed by atoms with Crippen LogP contribution < -0.4 is 15.4 Å². The number of aromatic nitrogens is 1. The molecular formula is C21H34F3N5O2. The second-order valence-electron chi connectivity index (χ2n) is 7.51. The van der Waals surface area contributed by atoms with Gasteiger partial charge in [0.2, 0.25) is 5.88 Å². The third-order valence-corrected chi connectivity index (χ3v) is 5.45. The molecule has 0 spiro atoms. The number of pyridine rings is 1. The highest BCUT2D eigenvalue weighted by Gasteiger charge is 2.29. The van der Waals surface area contributed by atoms with Crippen molar-refractivity contribution in [1.82, 2.24) is 20.5 Å². The fourth-order valence-corrected chi connectivity index (χ4v) is 3.74. The van der Waals surface area contributed by atoms with Crippen LogP contribution in [-0.2, 0) is 11.3 Å². The number of morpholine rings is 1. The molecule has 0 aliphatic carbocycles. The van der Waals surface area contributed by atoms with Gasteiger partial charge in [0.05, 0.1) is 13.2 Å². The zero-order valence-electron chi connectivity index (χ0n) is 18.5. The van der Waals surface area contributed by atoms with Crippen LogP contribution in [0.15, 0.2) is 23.3 Å². The number of hydrogen-bond donors (Lipinski definition) is 2. The monoisotopic (exact) mass is 445 g/mol. The quantitative estimate of drug-likeness (QED) is 0.426. The molecule has 1 aromatic rings. The molecule has 2 heterocycles. The predicted octanol–water partition coefficient (Wildman–Crippen LogP) is 2.82. The molecular weight excluding hydrogens is 411 g/mol. The number of ether oxygens (including phenoxy) is 2. The zero-order chi connectivity index (χ0) is 22.7. The molecule has 31 heavy (non-hydrogen) atoms. The summed E-state index contributed by atoms with van der Waals surface area (Å²) in [5, 5.41) is 6.62. The third kappa shape index (κ3) is 8.90. The average Bonchev–Trinajstić information content (AvgIpc) is 2.77. The van der Waals surface area contributed by atoms with Gasteiger partial charge in [0, 0.05) is 51.5 Å². The van der Waals surface area contributed by atoms with Gasteiger partial charge in [-0.2, -0.15) is 13.2 Å². The second kappa shape index (κ2) is 12.7. The minimum Gasteiger partial charge on any atom is -0.468 e. The minimum absolute atomic E-state index is 0.0549. The summed E-state index contributed by atoms with van der Waals surface area (Å²) >= 11 is 0. The predicted molar refractivity (Wildman–Crippen MR) is 114 cm³/mol. The van der Waals surface area contributed by atoms with Crippen molar-refractivity contribution >= 4 is 5.96 Å². The lowest BCUT2D eigenvalue weighted by molar-refractivity contribution is -0.154. The van der Waals surface area contributed by atoms with E-state index < -0.39 is 12.8 Å². The Morgan fingerprint density at radius 1 is 1.26 bits per heavy atom. The molecule has 1 atom stereocenters. The highest BCUT2D eigenvalue weighted by Crippen LogP contribution is 2.20. The molecule has 0 amide bonds. The summed E-state index contributed by atoms with van der Waals surface area (Å²) in [6.45, 7) is 7.57. The first-order valence-electron chi connectivity index (χ1n) is 10.8. The van der Waals surface area contributed by atoms with Gasteiger partial charge in [-0.3, -0.25) is 9.89 Å². The molecule has 0 aromatic carbocycles. The summed E-state index contributed by atoms with van der Waals surface area (Å²) in [6, 6.07) is 3.59. The standard InChI is InChI=1S/C21H34F3N5O2/c1-4-17(5-2)18(29-8-10-30-11-9-29)14-28-20(25-3)27-13-16-6-7-26-19(12-16)31-15-21(22,23)24/h6-7,12,17-18H,4-5,8-11,13-15H2,1-3H3,(H2,25,27,28). The molecule has 2 rings (SSSR count). The van der Waals surface area contributed by atoms with Crippen LogP contribution in [0.1, 0.15) is 32.3 Å². The number of alkyl halides is 3. The Bertz CT molecular complexity index is 677. The molecule has 1 fully saturated rings. The van der Waals surface area contributed by atoms with Gasteiger partial charge >= 0.3 is 6.18 Å². The summed E-state index contributed by atoms with van der Waals surface area (Å²) in [5.41, 5.74) is 0.750. The molecule has 1 unspecified atom stereocenters. The van der Waals surface area contributed by atoms with E-state index in [1.54, 1.807) is 13.1 Å². The maximum atomic E-state index is 12.3. The van der Waals surface area contributed by atoms with Crippen molar-refractivity contribution in [2.45, 2.75) is 45.5 Å². The smallest absolute Gasteiger partial charge is 0.422 e. The Balaban J connectivity index is 1.90. The van der Waals surface area contributed by atoms with Gasteiger partial charge in [-0.15, -0.1) is 0 Å². The summed E-state index contributed by atoms with van der Waals surface area (Å²) in [7, 11) is 1.70. The lowest BCUT2D eigenvalue weighted by Gasteiger charge is -2.39. The van der Waals surface area contributed by atoms with E-state index in [9.17, 15) is 13.2 Å². The molecule has 7 nitrogen and oxygen atoms in total. The van der Waals surface area contributed by atoms with Crippen molar-refractivity contribution in [3.05, 3.63) is 23.9 Å². The molecule has 10 heteroatoms. The van der Waals surface area contributed by atoms with Crippen LogP contribution in [0.3, 0.4) is 0 Å². The van der Waals surface area contributed by atoms with Crippen molar-refractivity contribution in [3.63, 3.8) is 0 Å². The van der Waals surface area contributed by atoms with E-state index in [1.165, 1.54) is 12.3 Å². The average molecular weight is 446 g/mol. The van der Waals surface area contributed by atoms with Gasteiger partial charge in [-0.1, -0.05) is 26.7 Å². The van der Waals surface area contributed by atoms with E-state index in [4.69, 9.17) is 9.47 Å². The minimum atomic E-state index is -4.40. The van der Waals surface area contributed by atoms with Crippen LogP contribution in [0.5, 0.6) is 5.88 Å². The van der Waals surface area contributed by atoms with Gasteiger partial charge in [0.25, 0.3) is 0 Å². The molecule has 1 saturated heterocycles. The second-order valence-corrected chi connectivity index (χ2v) is 7.51. The molecule has 1 aliphatic rings. The largest absolute Gasteiger partial charge is 0.468 e. The van der Waals surface area contributed by atoms with E-state index in [2.05, 4.69) is 39.4 Å². The Morgan fingerprint density at radius 2 is 1.97 bits per heavy atom. The summed E-state index contributed by atoms with van der Waals surface area (Å²) in [6.07, 6.45) is -0.762. The van der Waals surface area contributed by atoms with Crippen LogP contribution in [0.25, 0.3) is 0 Å². The molecule has 0 saturated carbocycles. The lowest BCUT2D eigenvalue weighted by Crippen LogP contribution is -2.53. The Kier molecular flexibility index (Phi) is 10.3. The summed E-state index contributed by atoms with van der Waals surface area (Å²) in [5.74, 6) is 1.15. The van der Waals surface area contributed by atoms with E-state index in [0.29, 0.717) is 24.5 Å². The van der Waals surface area contributed by atoms with E-state index in [1.807, 2.05) is 0 Å². The third-order valence-electron chi connectivity index (χ3n) is 5.45. The molecule has 0 radical (unpaired) electrons. The van der Waals surface area contributed by atoms with Gasteiger partial charge in [0.1, 0.15) is 0 Å². The van der Waals surface area contributed by atoms with Gasteiger partial charge in [-0.05, 0) is 17.5 Å². The molecule has 1 aliphatic heterocycles. The lowest BCUT2D eigenvalue weighted by atomic mass is 9.92. The van der Waals surface area contributed by atoms with Crippen molar-refractivity contribution in [1.29, 1.82) is 0 Å². The Labute approximate surface area is 182 Å². The fourth-order valence-electron chi connectivity index (χ4n) is 3.74. The number of hydrogen-bond acceptors (Lipinski definition) is 5.